The van der Waals surface area contributed by atoms with Crippen LogP contribution < -0.4 is 5.32 Å². The Morgan fingerprint density at radius 3 is 2.57 bits per heavy atom. The van der Waals surface area contributed by atoms with Crippen LogP contribution in [0.5, 0.6) is 0 Å². The second-order valence-electron chi connectivity index (χ2n) is 5.73. The van der Waals surface area contributed by atoms with Gasteiger partial charge in [0.15, 0.2) is 0 Å². The number of nitrogens with one attached hydrogen (secondary N) is 1. The van der Waals surface area contributed by atoms with Gasteiger partial charge in [0.1, 0.15) is 0 Å². The van der Waals surface area contributed by atoms with Gasteiger partial charge in [-0.1, -0.05) is 12.1 Å². The van der Waals surface area contributed by atoms with Crippen LogP contribution in [0.4, 0.5) is 5.69 Å². The molecule has 0 saturated heterocycles. The fourth-order valence-corrected chi connectivity index (χ4v) is 2.39. The first-order valence-electron chi connectivity index (χ1n) is 7.52. The van der Waals surface area contributed by atoms with Crippen LogP contribution in [-0.4, -0.2) is 15.5 Å². The van der Waals surface area contributed by atoms with Gasteiger partial charge in [0.05, 0.1) is 12.0 Å². The molecule has 0 aliphatic rings. The Bertz CT molecular complexity index is 865. The Hall–Kier alpha value is -2.88. The number of benzene rings is 2. The number of rotatable bonds is 3. The lowest BCUT2D eigenvalue weighted by molar-refractivity contribution is 0.102. The number of carbonyl (C=O) groups excluding carboxylic acids is 1. The van der Waals surface area contributed by atoms with Crippen LogP contribution in [0.1, 0.15) is 27.2 Å². The normalized spacial score (nSPS) is 10.6. The fourth-order valence-electron chi connectivity index (χ4n) is 2.39. The standard InChI is InChI=1S/C19H19N3O/c1-13-7-8-16(9-14(13)2)19(23)21-17-5-4-6-18(10-17)22-11-15(3)20-12-22/h4-12H,1-3H3,(H,21,23). The predicted molar refractivity (Wildman–Crippen MR) is 92.2 cm³/mol. The van der Waals surface area contributed by atoms with Crippen molar-refractivity contribution >= 4 is 11.6 Å². The van der Waals surface area contributed by atoms with Crippen LogP contribution in [0.3, 0.4) is 0 Å². The van der Waals surface area contributed by atoms with E-state index in [2.05, 4.69) is 10.3 Å². The maximum atomic E-state index is 12.4. The van der Waals surface area contributed by atoms with Gasteiger partial charge < -0.3 is 9.88 Å². The predicted octanol–water partition coefficient (Wildman–Crippen LogP) is 4.05. The van der Waals surface area contributed by atoms with Crippen molar-refractivity contribution < 1.29 is 4.79 Å². The van der Waals surface area contributed by atoms with Gasteiger partial charge in [-0.25, -0.2) is 4.98 Å². The number of hydrogen-bond donors (Lipinski definition) is 1. The van der Waals surface area contributed by atoms with Crippen LogP contribution >= 0.6 is 0 Å². The van der Waals surface area contributed by atoms with E-state index in [1.165, 1.54) is 5.56 Å². The van der Waals surface area contributed by atoms with Crippen molar-refractivity contribution in [3.63, 3.8) is 0 Å². The summed E-state index contributed by atoms with van der Waals surface area (Å²) in [7, 11) is 0. The summed E-state index contributed by atoms with van der Waals surface area (Å²) in [6.45, 7) is 5.99. The second-order valence-corrected chi connectivity index (χ2v) is 5.73. The van der Waals surface area contributed by atoms with Crippen molar-refractivity contribution in [2.24, 2.45) is 0 Å². The number of nitrogens with zero attached hydrogens (tertiary/aromatic N) is 2. The molecule has 0 bridgehead atoms. The molecule has 4 nitrogen and oxygen atoms in total. The highest BCUT2D eigenvalue weighted by atomic mass is 16.1. The average Bonchev–Trinajstić information content (AvgIpc) is 2.97. The molecule has 0 fully saturated rings. The van der Waals surface area contributed by atoms with E-state index in [1.54, 1.807) is 6.33 Å². The van der Waals surface area contributed by atoms with Crippen molar-refractivity contribution in [1.29, 1.82) is 0 Å². The lowest BCUT2D eigenvalue weighted by Gasteiger charge is -2.09. The van der Waals surface area contributed by atoms with Crippen LogP contribution in [0.25, 0.3) is 5.69 Å². The Kier molecular flexibility index (Phi) is 3.98. The highest BCUT2D eigenvalue weighted by molar-refractivity contribution is 6.04. The van der Waals surface area contributed by atoms with E-state index < -0.39 is 0 Å². The molecule has 1 aromatic heterocycles. The minimum atomic E-state index is -0.105. The van der Waals surface area contributed by atoms with E-state index in [9.17, 15) is 4.79 Å². The molecule has 1 amide bonds. The third-order valence-corrected chi connectivity index (χ3v) is 3.88. The molecule has 116 valence electrons. The average molecular weight is 305 g/mol. The van der Waals surface area contributed by atoms with Gasteiger partial charge in [0.2, 0.25) is 0 Å². The summed E-state index contributed by atoms with van der Waals surface area (Å²) in [5.74, 6) is -0.105. The maximum absolute atomic E-state index is 12.4. The van der Waals surface area contributed by atoms with E-state index in [0.717, 1.165) is 22.6 Å². The molecule has 0 atom stereocenters. The van der Waals surface area contributed by atoms with Gasteiger partial charge >= 0.3 is 0 Å². The molecule has 1 heterocycles. The number of hydrogen-bond acceptors (Lipinski definition) is 2. The van der Waals surface area contributed by atoms with Gasteiger partial charge in [-0.3, -0.25) is 4.79 Å². The molecule has 23 heavy (non-hydrogen) atoms. The zero-order chi connectivity index (χ0) is 16.4. The highest BCUT2D eigenvalue weighted by Crippen LogP contribution is 2.17. The molecule has 4 heteroatoms. The van der Waals surface area contributed by atoms with Gasteiger partial charge in [-0.05, 0) is 62.2 Å². The summed E-state index contributed by atoms with van der Waals surface area (Å²) < 4.78 is 1.93. The summed E-state index contributed by atoms with van der Waals surface area (Å²) in [5.41, 5.74) is 5.63. The van der Waals surface area contributed by atoms with Crippen molar-refractivity contribution in [2.45, 2.75) is 20.8 Å². The molecular formula is C19H19N3O. The quantitative estimate of drug-likeness (QED) is 0.793. The van der Waals surface area contributed by atoms with Crippen LogP contribution in [0.15, 0.2) is 55.0 Å². The van der Waals surface area contributed by atoms with Crippen LogP contribution in [0, 0.1) is 20.8 Å². The van der Waals surface area contributed by atoms with Crippen LogP contribution in [0.2, 0.25) is 0 Å². The number of aryl methyl sites for hydroxylation is 3. The summed E-state index contributed by atoms with van der Waals surface area (Å²) in [6.07, 6.45) is 3.71. The Balaban J connectivity index is 1.82. The Morgan fingerprint density at radius 1 is 1.04 bits per heavy atom. The van der Waals surface area contributed by atoms with Gasteiger partial charge in [-0.2, -0.15) is 0 Å². The van der Waals surface area contributed by atoms with Gasteiger partial charge in [-0.15, -0.1) is 0 Å². The van der Waals surface area contributed by atoms with Crippen molar-refractivity contribution in [2.75, 3.05) is 5.32 Å². The summed E-state index contributed by atoms with van der Waals surface area (Å²) in [5, 5.41) is 2.95. The largest absolute Gasteiger partial charge is 0.322 e. The second kappa shape index (κ2) is 6.08. The number of anilines is 1. The third-order valence-electron chi connectivity index (χ3n) is 3.88. The molecule has 0 aliphatic carbocycles. The molecular weight excluding hydrogens is 286 g/mol. The van der Waals surface area contributed by atoms with E-state index in [-0.39, 0.29) is 5.91 Å². The number of aromatic nitrogens is 2. The van der Waals surface area contributed by atoms with E-state index in [0.29, 0.717) is 5.56 Å². The summed E-state index contributed by atoms with van der Waals surface area (Å²) in [4.78, 5) is 16.6. The van der Waals surface area contributed by atoms with Crippen molar-refractivity contribution in [3.05, 3.63) is 77.4 Å². The first kappa shape index (κ1) is 15.0. The smallest absolute Gasteiger partial charge is 0.255 e. The Labute approximate surface area is 135 Å². The molecule has 0 aliphatic heterocycles. The molecule has 3 aromatic rings. The van der Waals surface area contributed by atoms with E-state index >= 15 is 0 Å². The SMILES string of the molecule is Cc1cn(-c2cccc(NC(=O)c3ccc(C)c(C)c3)c2)cn1. The first-order valence-corrected chi connectivity index (χ1v) is 7.52. The minimum Gasteiger partial charge on any atom is -0.322 e. The van der Waals surface area contributed by atoms with Crippen molar-refractivity contribution in [3.8, 4) is 5.69 Å². The van der Waals surface area contributed by atoms with Crippen LogP contribution in [-0.2, 0) is 0 Å². The summed E-state index contributed by atoms with van der Waals surface area (Å²) >= 11 is 0. The number of carbonyl (C=O) groups is 1. The topological polar surface area (TPSA) is 46.9 Å². The molecule has 0 radical (unpaired) electrons. The summed E-state index contributed by atoms with van der Waals surface area (Å²) in [6, 6.07) is 13.4. The molecule has 0 unspecified atom stereocenters. The zero-order valence-corrected chi connectivity index (χ0v) is 13.5. The lowest BCUT2D eigenvalue weighted by atomic mass is 10.1. The van der Waals surface area contributed by atoms with Gasteiger partial charge in [0.25, 0.3) is 5.91 Å². The third kappa shape index (κ3) is 3.31. The van der Waals surface area contributed by atoms with Gasteiger partial charge in [0, 0.05) is 23.1 Å². The zero-order valence-electron chi connectivity index (χ0n) is 13.5. The van der Waals surface area contributed by atoms with E-state index in [1.807, 2.05) is 74.0 Å². The molecule has 0 spiro atoms. The number of imidazole rings is 1. The fraction of sp³-hybridized carbons (Fsp3) is 0.158. The maximum Gasteiger partial charge on any atom is 0.255 e. The number of amides is 1. The van der Waals surface area contributed by atoms with Crippen molar-refractivity contribution in [1.82, 2.24) is 9.55 Å². The molecule has 0 saturated carbocycles. The monoisotopic (exact) mass is 305 g/mol. The molecule has 2 aromatic carbocycles. The lowest BCUT2D eigenvalue weighted by Crippen LogP contribution is -2.12. The van der Waals surface area contributed by atoms with E-state index in [4.69, 9.17) is 0 Å². The first-order chi connectivity index (χ1) is 11.0. The Morgan fingerprint density at radius 2 is 1.87 bits per heavy atom. The molecule has 3 rings (SSSR count). The minimum absolute atomic E-state index is 0.105. The molecule has 1 N–H and O–H groups in total. The highest BCUT2D eigenvalue weighted by Gasteiger charge is 2.08.